The summed E-state index contributed by atoms with van der Waals surface area (Å²) in [7, 11) is 0. The van der Waals surface area contributed by atoms with Gasteiger partial charge in [-0.15, -0.1) is 0 Å². The second kappa shape index (κ2) is 6.55. The fourth-order valence-electron chi connectivity index (χ4n) is 1.45. The molecule has 0 aliphatic carbocycles. The van der Waals surface area contributed by atoms with Crippen LogP contribution in [-0.2, 0) is 0 Å². The van der Waals surface area contributed by atoms with Gasteiger partial charge in [0.15, 0.2) is 0 Å². The van der Waals surface area contributed by atoms with Crippen LogP contribution in [0.15, 0.2) is 18.3 Å². The summed E-state index contributed by atoms with van der Waals surface area (Å²) in [5.74, 6) is 0.109. The maximum absolute atomic E-state index is 12.7. The topological polar surface area (TPSA) is 45.1 Å². The van der Waals surface area contributed by atoms with Crippen LogP contribution >= 0.6 is 0 Å². The van der Waals surface area contributed by atoms with Crippen molar-refractivity contribution in [2.75, 3.05) is 13.2 Å². The Morgan fingerprint density at radius 3 is 2.75 bits per heavy atom. The van der Waals surface area contributed by atoms with Crippen LogP contribution < -0.4 is 5.32 Å². The molecular weight excluding hydrogens is 207 g/mol. The zero-order valence-corrected chi connectivity index (χ0v) is 9.78. The minimum Gasteiger partial charge on any atom is -0.396 e. The first kappa shape index (κ1) is 13.1. The number of aromatic nitrogens is 1. The lowest BCUT2D eigenvalue weighted by Gasteiger charge is -2.16. The summed E-state index contributed by atoms with van der Waals surface area (Å²) in [4.78, 5) is 4.02. The van der Waals surface area contributed by atoms with Crippen molar-refractivity contribution in [2.45, 2.75) is 26.3 Å². The molecule has 0 saturated heterocycles. The van der Waals surface area contributed by atoms with Gasteiger partial charge in [-0.1, -0.05) is 6.92 Å². The van der Waals surface area contributed by atoms with Crippen molar-refractivity contribution in [1.82, 2.24) is 10.3 Å². The van der Waals surface area contributed by atoms with E-state index >= 15 is 0 Å². The van der Waals surface area contributed by atoms with Crippen molar-refractivity contribution in [3.05, 3.63) is 29.8 Å². The van der Waals surface area contributed by atoms with Gasteiger partial charge >= 0.3 is 0 Å². The lowest BCUT2D eigenvalue weighted by Crippen LogP contribution is -2.25. The van der Waals surface area contributed by atoms with Gasteiger partial charge in [0, 0.05) is 12.6 Å². The smallest absolute Gasteiger partial charge is 0.141 e. The summed E-state index contributed by atoms with van der Waals surface area (Å²) in [6.07, 6.45) is 2.02. The molecule has 3 nitrogen and oxygen atoms in total. The van der Waals surface area contributed by atoms with Gasteiger partial charge in [-0.3, -0.25) is 4.98 Å². The van der Waals surface area contributed by atoms with Gasteiger partial charge in [-0.05, 0) is 37.9 Å². The second-order valence-electron chi connectivity index (χ2n) is 4.15. The van der Waals surface area contributed by atoms with Crippen molar-refractivity contribution >= 4 is 0 Å². The van der Waals surface area contributed by atoms with E-state index in [-0.39, 0.29) is 18.5 Å². The molecule has 1 rings (SSSR count). The Balaban J connectivity index is 2.40. The van der Waals surface area contributed by atoms with E-state index in [2.05, 4.69) is 17.2 Å². The minimum absolute atomic E-state index is 0.0988. The molecule has 0 radical (unpaired) electrons. The maximum Gasteiger partial charge on any atom is 0.141 e. The van der Waals surface area contributed by atoms with Crippen LogP contribution in [0.5, 0.6) is 0 Å². The lowest BCUT2D eigenvalue weighted by atomic mass is 10.1. The first-order chi connectivity index (χ1) is 7.63. The van der Waals surface area contributed by atoms with Crippen LogP contribution in [0.3, 0.4) is 0 Å². The number of hydrogen-bond donors (Lipinski definition) is 2. The van der Waals surface area contributed by atoms with Crippen molar-refractivity contribution in [2.24, 2.45) is 5.92 Å². The quantitative estimate of drug-likeness (QED) is 0.778. The highest BCUT2D eigenvalue weighted by Gasteiger charge is 2.08. The monoisotopic (exact) mass is 226 g/mol. The van der Waals surface area contributed by atoms with Gasteiger partial charge in [0.2, 0.25) is 0 Å². The highest BCUT2D eigenvalue weighted by atomic mass is 19.1. The lowest BCUT2D eigenvalue weighted by molar-refractivity contribution is 0.258. The van der Waals surface area contributed by atoms with E-state index in [4.69, 9.17) is 5.11 Å². The van der Waals surface area contributed by atoms with E-state index in [0.717, 1.165) is 18.7 Å². The molecule has 2 atom stereocenters. The Hall–Kier alpha value is -1.00. The molecule has 4 heteroatoms. The number of rotatable bonds is 6. The number of nitrogens with one attached hydrogen (secondary N) is 1. The SMILES string of the molecule is CC(CCO)CNC(C)c1ccc(F)cn1. The average Bonchev–Trinajstić information content (AvgIpc) is 2.27. The Morgan fingerprint density at radius 1 is 1.44 bits per heavy atom. The second-order valence-corrected chi connectivity index (χ2v) is 4.15. The van der Waals surface area contributed by atoms with Crippen molar-refractivity contribution in [3.8, 4) is 0 Å². The molecule has 1 aromatic heterocycles. The molecule has 0 bridgehead atoms. The fraction of sp³-hybridized carbons (Fsp3) is 0.583. The maximum atomic E-state index is 12.7. The van der Waals surface area contributed by atoms with Crippen LogP contribution in [0.1, 0.15) is 32.0 Å². The zero-order chi connectivity index (χ0) is 12.0. The number of pyridine rings is 1. The van der Waals surface area contributed by atoms with E-state index < -0.39 is 0 Å². The standard InChI is InChI=1S/C12H19FN2O/c1-9(5-6-16)7-14-10(2)12-4-3-11(13)8-15-12/h3-4,8-10,14,16H,5-7H2,1-2H3. The summed E-state index contributed by atoms with van der Waals surface area (Å²) in [6.45, 7) is 5.10. The summed E-state index contributed by atoms with van der Waals surface area (Å²) in [5, 5.41) is 12.1. The van der Waals surface area contributed by atoms with Gasteiger partial charge < -0.3 is 10.4 Å². The van der Waals surface area contributed by atoms with E-state index in [0.29, 0.717) is 5.92 Å². The van der Waals surface area contributed by atoms with Gasteiger partial charge in [0.1, 0.15) is 5.82 Å². The third-order valence-corrected chi connectivity index (χ3v) is 2.59. The van der Waals surface area contributed by atoms with Gasteiger partial charge in [0.05, 0.1) is 11.9 Å². The van der Waals surface area contributed by atoms with Crippen molar-refractivity contribution in [1.29, 1.82) is 0 Å². The Morgan fingerprint density at radius 2 is 2.19 bits per heavy atom. The normalized spacial score (nSPS) is 14.8. The molecule has 2 N–H and O–H groups in total. The van der Waals surface area contributed by atoms with E-state index in [1.54, 1.807) is 6.07 Å². The largest absolute Gasteiger partial charge is 0.396 e. The number of aliphatic hydroxyl groups excluding tert-OH is 1. The first-order valence-corrected chi connectivity index (χ1v) is 5.59. The van der Waals surface area contributed by atoms with Gasteiger partial charge in [-0.25, -0.2) is 4.39 Å². The Kier molecular flexibility index (Phi) is 5.35. The molecule has 0 aliphatic heterocycles. The minimum atomic E-state index is -0.315. The molecule has 0 aromatic carbocycles. The predicted molar refractivity (Wildman–Crippen MR) is 61.5 cm³/mol. The number of halogens is 1. The summed E-state index contributed by atoms with van der Waals surface area (Å²) in [5.41, 5.74) is 0.831. The van der Waals surface area contributed by atoms with E-state index in [1.807, 2.05) is 6.92 Å². The molecule has 0 aliphatic rings. The van der Waals surface area contributed by atoms with E-state index in [9.17, 15) is 4.39 Å². The third kappa shape index (κ3) is 4.24. The fourth-order valence-corrected chi connectivity index (χ4v) is 1.45. The molecule has 1 heterocycles. The van der Waals surface area contributed by atoms with Gasteiger partial charge in [0.25, 0.3) is 0 Å². The highest BCUT2D eigenvalue weighted by molar-refractivity contribution is 5.08. The van der Waals surface area contributed by atoms with Gasteiger partial charge in [-0.2, -0.15) is 0 Å². The number of nitrogens with zero attached hydrogens (tertiary/aromatic N) is 1. The molecular formula is C12H19FN2O. The third-order valence-electron chi connectivity index (χ3n) is 2.59. The van der Waals surface area contributed by atoms with Crippen LogP contribution in [0.4, 0.5) is 4.39 Å². The molecule has 0 saturated carbocycles. The Labute approximate surface area is 95.7 Å². The molecule has 1 aromatic rings. The molecule has 0 fully saturated rings. The molecule has 16 heavy (non-hydrogen) atoms. The summed E-state index contributed by atoms with van der Waals surface area (Å²) < 4.78 is 12.7. The molecule has 90 valence electrons. The molecule has 0 amide bonds. The van der Waals surface area contributed by atoms with Crippen LogP contribution in [0.25, 0.3) is 0 Å². The van der Waals surface area contributed by atoms with Crippen molar-refractivity contribution in [3.63, 3.8) is 0 Å². The molecule has 2 unspecified atom stereocenters. The average molecular weight is 226 g/mol. The first-order valence-electron chi connectivity index (χ1n) is 5.59. The molecule has 0 spiro atoms. The predicted octanol–water partition coefficient (Wildman–Crippen LogP) is 1.89. The van der Waals surface area contributed by atoms with Crippen LogP contribution in [-0.4, -0.2) is 23.2 Å². The highest BCUT2D eigenvalue weighted by Crippen LogP contribution is 2.10. The van der Waals surface area contributed by atoms with Crippen molar-refractivity contribution < 1.29 is 9.50 Å². The Bertz CT molecular complexity index is 302. The summed E-state index contributed by atoms with van der Waals surface area (Å²) in [6, 6.07) is 3.20. The zero-order valence-electron chi connectivity index (χ0n) is 9.78. The summed E-state index contributed by atoms with van der Waals surface area (Å²) >= 11 is 0. The van der Waals surface area contributed by atoms with Crippen LogP contribution in [0.2, 0.25) is 0 Å². The number of aliphatic hydroxyl groups is 1. The van der Waals surface area contributed by atoms with E-state index in [1.165, 1.54) is 12.3 Å². The number of hydrogen-bond acceptors (Lipinski definition) is 3. The van der Waals surface area contributed by atoms with Crippen LogP contribution in [0, 0.1) is 11.7 Å².